The van der Waals surface area contributed by atoms with E-state index in [-0.39, 0.29) is 11.3 Å². The molecule has 98 valence electrons. The number of aromatic nitrogens is 3. The Bertz CT molecular complexity index is 599. The van der Waals surface area contributed by atoms with E-state index in [0.29, 0.717) is 11.7 Å². The molecule has 2 aromatic rings. The zero-order valence-corrected chi connectivity index (χ0v) is 11.4. The van der Waals surface area contributed by atoms with Gasteiger partial charge in [-0.05, 0) is 35.9 Å². The minimum atomic E-state index is 0.158. The first-order valence-corrected chi connectivity index (χ1v) is 6.70. The third-order valence-electron chi connectivity index (χ3n) is 3.52. The minimum Gasteiger partial charge on any atom is -0.467 e. The molecule has 1 fully saturated rings. The summed E-state index contributed by atoms with van der Waals surface area (Å²) in [4.78, 5) is 12.4. The molecule has 1 heterocycles. The molecule has 3 rings (SSSR count). The van der Waals surface area contributed by atoms with Crippen LogP contribution in [-0.2, 0) is 0 Å². The summed E-state index contributed by atoms with van der Waals surface area (Å²) in [5.41, 5.74) is 2.31. The van der Waals surface area contributed by atoms with Gasteiger partial charge in [0.15, 0.2) is 5.82 Å². The van der Waals surface area contributed by atoms with E-state index in [1.54, 1.807) is 0 Å². The van der Waals surface area contributed by atoms with E-state index in [2.05, 4.69) is 27.1 Å². The van der Waals surface area contributed by atoms with Gasteiger partial charge in [0.2, 0.25) is 5.28 Å². The summed E-state index contributed by atoms with van der Waals surface area (Å²) in [6.45, 7) is 0. The Morgan fingerprint density at radius 1 is 1.16 bits per heavy atom. The molecule has 19 heavy (non-hydrogen) atoms. The standard InChI is InChI=1S/C14H14ClN3O/c1-19-14-17-12(16-13(15)18-14)11-8-3-2-7-10(11)9-5-4-6-9/h2-3,7-9H,4-6H2,1H3. The first-order chi connectivity index (χ1) is 9.28. The molecule has 0 atom stereocenters. The van der Waals surface area contributed by atoms with Gasteiger partial charge in [-0.3, -0.25) is 0 Å². The van der Waals surface area contributed by atoms with Gasteiger partial charge in [0.25, 0.3) is 0 Å². The minimum absolute atomic E-state index is 0.158. The van der Waals surface area contributed by atoms with Gasteiger partial charge >= 0.3 is 6.01 Å². The van der Waals surface area contributed by atoms with Gasteiger partial charge in [-0.2, -0.15) is 15.0 Å². The first-order valence-electron chi connectivity index (χ1n) is 6.33. The molecule has 0 spiro atoms. The predicted molar refractivity (Wildman–Crippen MR) is 73.4 cm³/mol. The SMILES string of the molecule is COc1nc(Cl)nc(-c2ccccc2C2CCC2)n1. The zero-order valence-electron chi connectivity index (χ0n) is 10.6. The fourth-order valence-corrected chi connectivity index (χ4v) is 2.47. The van der Waals surface area contributed by atoms with Gasteiger partial charge < -0.3 is 4.74 Å². The quantitative estimate of drug-likeness (QED) is 0.861. The van der Waals surface area contributed by atoms with Crippen LogP contribution in [-0.4, -0.2) is 22.1 Å². The lowest BCUT2D eigenvalue weighted by Gasteiger charge is -2.27. The molecule has 4 nitrogen and oxygen atoms in total. The van der Waals surface area contributed by atoms with Crippen LogP contribution in [0.3, 0.4) is 0 Å². The molecular weight excluding hydrogens is 262 g/mol. The molecule has 0 amide bonds. The summed E-state index contributed by atoms with van der Waals surface area (Å²) < 4.78 is 5.05. The van der Waals surface area contributed by atoms with Crippen LogP contribution >= 0.6 is 11.6 Å². The van der Waals surface area contributed by atoms with Crippen molar-refractivity contribution in [2.24, 2.45) is 0 Å². The summed E-state index contributed by atoms with van der Waals surface area (Å²) in [6, 6.07) is 8.46. The van der Waals surface area contributed by atoms with Crippen molar-refractivity contribution in [3.8, 4) is 17.4 Å². The highest BCUT2D eigenvalue weighted by Crippen LogP contribution is 2.40. The summed E-state index contributed by atoms with van der Waals surface area (Å²) in [5, 5.41) is 0.158. The van der Waals surface area contributed by atoms with Crippen molar-refractivity contribution in [3.63, 3.8) is 0 Å². The van der Waals surface area contributed by atoms with Crippen LogP contribution < -0.4 is 4.74 Å². The first kappa shape index (κ1) is 12.4. The monoisotopic (exact) mass is 275 g/mol. The smallest absolute Gasteiger partial charge is 0.321 e. The molecule has 0 bridgehead atoms. The maximum absolute atomic E-state index is 5.92. The van der Waals surface area contributed by atoms with Crippen molar-refractivity contribution in [1.82, 2.24) is 15.0 Å². The molecule has 0 N–H and O–H groups in total. The molecule has 5 heteroatoms. The van der Waals surface area contributed by atoms with Crippen molar-refractivity contribution in [2.75, 3.05) is 7.11 Å². The van der Waals surface area contributed by atoms with Gasteiger partial charge in [0, 0.05) is 5.56 Å². The van der Waals surface area contributed by atoms with Gasteiger partial charge in [0.05, 0.1) is 7.11 Å². The maximum atomic E-state index is 5.92. The second-order valence-corrected chi connectivity index (χ2v) is 4.97. The van der Waals surface area contributed by atoms with Crippen molar-refractivity contribution in [3.05, 3.63) is 35.1 Å². The third kappa shape index (κ3) is 2.40. The van der Waals surface area contributed by atoms with Crippen LogP contribution in [0.25, 0.3) is 11.4 Å². The lowest BCUT2D eigenvalue weighted by Crippen LogP contribution is -2.10. The van der Waals surface area contributed by atoms with E-state index < -0.39 is 0 Å². The van der Waals surface area contributed by atoms with E-state index in [0.717, 1.165) is 5.56 Å². The lowest BCUT2D eigenvalue weighted by molar-refractivity contribution is 0.378. The molecule has 0 aliphatic heterocycles. The summed E-state index contributed by atoms with van der Waals surface area (Å²) >= 11 is 5.92. The van der Waals surface area contributed by atoms with Crippen molar-refractivity contribution < 1.29 is 4.74 Å². The number of nitrogens with zero attached hydrogens (tertiary/aromatic N) is 3. The average molecular weight is 276 g/mol. The Morgan fingerprint density at radius 3 is 2.63 bits per heavy atom. The highest BCUT2D eigenvalue weighted by molar-refractivity contribution is 6.28. The Kier molecular flexibility index (Phi) is 3.34. The van der Waals surface area contributed by atoms with Gasteiger partial charge in [-0.15, -0.1) is 0 Å². The number of benzene rings is 1. The van der Waals surface area contributed by atoms with Crippen molar-refractivity contribution >= 4 is 11.6 Å². The Balaban J connectivity index is 2.08. The second kappa shape index (κ2) is 5.13. The van der Waals surface area contributed by atoms with Crippen molar-refractivity contribution in [1.29, 1.82) is 0 Å². The van der Waals surface area contributed by atoms with Crippen LogP contribution in [0.5, 0.6) is 6.01 Å². The lowest BCUT2D eigenvalue weighted by atomic mass is 9.78. The van der Waals surface area contributed by atoms with Crippen LogP contribution in [0.4, 0.5) is 0 Å². The van der Waals surface area contributed by atoms with E-state index >= 15 is 0 Å². The molecule has 1 aliphatic carbocycles. The molecule has 0 saturated heterocycles. The second-order valence-electron chi connectivity index (χ2n) is 4.63. The van der Waals surface area contributed by atoms with Gasteiger partial charge in [-0.25, -0.2) is 0 Å². The van der Waals surface area contributed by atoms with Crippen LogP contribution in [0.1, 0.15) is 30.7 Å². The number of hydrogen-bond donors (Lipinski definition) is 0. The number of methoxy groups -OCH3 is 1. The molecule has 1 saturated carbocycles. The van der Waals surface area contributed by atoms with Gasteiger partial charge in [-0.1, -0.05) is 30.7 Å². The molecule has 0 unspecified atom stereocenters. The zero-order chi connectivity index (χ0) is 13.2. The molecule has 1 aromatic carbocycles. The number of hydrogen-bond acceptors (Lipinski definition) is 4. The van der Waals surface area contributed by atoms with Crippen LogP contribution in [0.15, 0.2) is 24.3 Å². The average Bonchev–Trinajstić information content (AvgIpc) is 2.36. The predicted octanol–water partition coefficient (Wildman–Crippen LogP) is 3.47. The van der Waals surface area contributed by atoms with Crippen LogP contribution in [0.2, 0.25) is 5.28 Å². The topological polar surface area (TPSA) is 47.9 Å². The number of halogens is 1. The van der Waals surface area contributed by atoms with E-state index in [4.69, 9.17) is 16.3 Å². The molecule has 1 aromatic heterocycles. The van der Waals surface area contributed by atoms with E-state index in [1.165, 1.54) is 31.9 Å². The highest BCUT2D eigenvalue weighted by Gasteiger charge is 2.23. The summed E-state index contributed by atoms with van der Waals surface area (Å²) in [5.74, 6) is 1.19. The van der Waals surface area contributed by atoms with E-state index in [9.17, 15) is 0 Å². The van der Waals surface area contributed by atoms with E-state index in [1.807, 2.05) is 12.1 Å². The number of ether oxygens (including phenoxy) is 1. The normalized spacial score (nSPS) is 15.1. The Morgan fingerprint density at radius 2 is 1.95 bits per heavy atom. The van der Waals surface area contributed by atoms with Crippen molar-refractivity contribution in [2.45, 2.75) is 25.2 Å². The Hall–Kier alpha value is -1.68. The molecule has 1 aliphatic rings. The third-order valence-corrected chi connectivity index (χ3v) is 3.69. The van der Waals surface area contributed by atoms with Crippen LogP contribution in [0, 0.1) is 0 Å². The fraction of sp³-hybridized carbons (Fsp3) is 0.357. The molecule has 0 radical (unpaired) electrons. The fourth-order valence-electron chi connectivity index (χ4n) is 2.32. The largest absolute Gasteiger partial charge is 0.467 e. The summed E-state index contributed by atoms with van der Waals surface area (Å²) in [7, 11) is 1.52. The number of rotatable bonds is 3. The molecular formula is C14H14ClN3O. The maximum Gasteiger partial charge on any atom is 0.321 e. The Labute approximate surface area is 116 Å². The van der Waals surface area contributed by atoms with Gasteiger partial charge in [0.1, 0.15) is 0 Å². The highest BCUT2D eigenvalue weighted by atomic mass is 35.5. The summed E-state index contributed by atoms with van der Waals surface area (Å²) in [6.07, 6.45) is 3.75.